The van der Waals surface area contributed by atoms with Gasteiger partial charge in [-0.3, -0.25) is 5.32 Å². The molecular weight excluding hydrogens is 446 g/mol. The zero-order chi connectivity index (χ0) is 23.8. The summed E-state index contributed by atoms with van der Waals surface area (Å²) in [5.41, 5.74) is 8.35. The number of hydrogen-bond acceptors (Lipinski definition) is 8. The van der Waals surface area contributed by atoms with E-state index in [1.807, 2.05) is 6.92 Å². The molecule has 9 nitrogen and oxygen atoms in total. The largest absolute Gasteiger partial charge is 0.474 e. The third kappa shape index (κ3) is 4.03. The van der Waals surface area contributed by atoms with Crippen LogP contribution in [0.4, 0.5) is 30.8 Å². The number of carbonyl (C=O) groups excluding carboxylic acids is 1. The average Bonchev–Trinajstić information content (AvgIpc) is 2.83. The Bertz CT molecular complexity index is 1270. The predicted molar refractivity (Wildman–Crippen MR) is 124 cm³/mol. The number of aromatic nitrogens is 2. The molecule has 1 saturated heterocycles. The monoisotopic (exact) mass is 470 g/mol. The fraction of sp³-hybridized carbons (Fsp3) is 0.348. The number of piperidine rings is 1. The number of halogens is 2. The fourth-order valence-corrected chi connectivity index (χ4v) is 4.26. The number of nitrogens with two attached hydrogens (primary N) is 1. The third-order valence-corrected chi connectivity index (χ3v) is 6.07. The number of pyridine rings is 2. The van der Waals surface area contributed by atoms with Crippen LogP contribution in [0.2, 0.25) is 0 Å². The van der Waals surface area contributed by atoms with E-state index in [2.05, 4.69) is 25.9 Å². The number of rotatable bonds is 3. The smallest absolute Gasteiger partial charge is 0.413 e. The van der Waals surface area contributed by atoms with Gasteiger partial charge in [-0.2, -0.15) is 0 Å². The Morgan fingerprint density at radius 1 is 1.26 bits per heavy atom. The van der Waals surface area contributed by atoms with Crippen LogP contribution in [0, 0.1) is 12.7 Å². The van der Waals surface area contributed by atoms with E-state index >= 15 is 4.39 Å². The summed E-state index contributed by atoms with van der Waals surface area (Å²) in [6.45, 7) is 3.69. The molecule has 0 saturated carbocycles. The van der Waals surface area contributed by atoms with Crippen molar-refractivity contribution in [3.63, 3.8) is 0 Å². The van der Waals surface area contributed by atoms with Crippen LogP contribution in [0.25, 0.3) is 21.9 Å². The highest BCUT2D eigenvalue weighted by Crippen LogP contribution is 2.39. The summed E-state index contributed by atoms with van der Waals surface area (Å²) in [5, 5.41) is 9.61. The molecular formula is C23H24F2N6O3. The van der Waals surface area contributed by atoms with Crippen molar-refractivity contribution in [2.75, 3.05) is 42.6 Å². The van der Waals surface area contributed by atoms with Crippen LogP contribution in [0.15, 0.2) is 24.5 Å². The lowest BCUT2D eigenvalue weighted by Crippen LogP contribution is -2.44. The van der Waals surface area contributed by atoms with Crippen molar-refractivity contribution in [1.82, 2.24) is 15.3 Å². The molecule has 0 unspecified atom stereocenters. The molecule has 0 bridgehead atoms. The lowest BCUT2D eigenvalue weighted by atomic mass is 9.97. The minimum atomic E-state index is -1.28. The normalized spacial score (nSPS) is 19.6. The molecule has 1 amide bonds. The van der Waals surface area contributed by atoms with Crippen LogP contribution in [0.5, 0.6) is 5.88 Å². The number of carbonyl (C=O) groups is 1. The van der Waals surface area contributed by atoms with E-state index in [1.165, 1.54) is 6.20 Å². The first-order valence-electron chi connectivity index (χ1n) is 11.0. The number of anilines is 3. The summed E-state index contributed by atoms with van der Waals surface area (Å²) in [6, 6.07) is 3.19. The molecule has 2 aliphatic rings. The number of nitrogen functional groups attached to an aromatic ring is 1. The second-order valence-electron chi connectivity index (χ2n) is 8.27. The van der Waals surface area contributed by atoms with Crippen LogP contribution in [-0.4, -0.2) is 54.6 Å². The highest BCUT2D eigenvalue weighted by atomic mass is 19.1. The second-order valence-corrected chi connectivity index (χ2v) is 8.27. The van der Waals surface area contributed by atoms with Gasteiger partial charge in [0.1, 0.15) is 30.4 Å². The Labute approximate surface area is 194 Å². The summed E-state index contributed by atoms with van der Waals surface area (Å²) in [5.74, 6) is 0.0604. The van der Waals surface area contributed by atoms with Crippen LogP contribution in [0.3, 0.4) is 0 Å². The molecule has 178 valence electrons. The summed E-state index contributed by atoms with van der Waals surface area (Å²) >= 11 is 0. The molecule has 1 fully saturated rings. The van der Waals surface area contributed by atoms with Gasteiger partial charge in [-0.15, -0.1) is 0 Å². The molecule has 0 spiro atoms. The maximum Gasteiger partial charge on any atom is 0.413 e. The number of alkyl halides is 1. The first kappa shape index (κ1) is 22.1. The minimum Gasteiger partial charge on any atom is -0.474 e. The van der Waals surface area contributed by atoms with Gasteiger partial charge in [-0.05, 0) is 43.0 Å². The number of hydrogen-bond donors (Lipinski definition) is 4. The van der Waals surface area contributed by atoms with Gasteiger partial charge < -0.3 is 25.8 Å². The maximum absolute atomic E-state index is 15.3. The summed E-state index contributed by atoms with van der Waals surface area (Å²) in [6.07, 6.45) is 0.403. The number of ether oxygens (including phenoxy) is 2. The Balaban J connectivity index is 1.46. The number of nitrogens with one attached hydrogen (secondary N) is 3. The molecule has 5 rings (SSSR count). The first-order chi connectivity index (χ1) is 16.4. The summed E-state index contributed by atoms with van der Waals surface area (Å²) < 4.78 is 40.0. The van der Waals surface area contributed by atoms with E-state index in [9.17, 15) is 9.18 Å². The third-order valence-electron chi connectivity index (χ3n) is 6.07. The molecule has 3 aromatic rings. The van der Waals surface area contributed by atoms with Gasteiger partial charge in [-0.25, -0.2) is 23.5 Å². The molecule has 34 heavy (non-hydrogen) atoms. The van der Waals surface area contributed by atoms with Gasteiger partial charge in [0.2, 0.25) is 5.88 Å². The quantitative estimate of drug-likeness (QED) is 0.430. The van der Waals surface area contributed by atoms with Gasteiger partial charge in [0.15, 0.2) is 5.82 Å². The zero-order valence-corrected chi connectivity index (χ0v) is 18.5. The van der Waals surface area contributed by atoms with Crippen molar-refractivity contribution in [2.45, 2.75) is 25.6 Å². The van der Waals surface area contributed by atoms with E-state index in [-0.39, 0.29) is 23.6 Å². The molecule has 2 atom stereocenters. The van der Waals surface area contributed by atoms with Crippen molar-refractivity contribution in [3.8, 4) is 17.0 Å². The molecule has 2 aromatic heterocycles. The van der Waals surface area contributed by atoms with E-state index in [1.54, 1.807) is 18.3 Å². The Morgan fingerprint density at radius 3 is 2.94 bits per heavy atom. The van der Waals surface area contributed by atoms with Gasteiger partial charge in [0, 0.05) is 42.0 Å². The molecule has 4 heterocycles. The minimum absolute atomic E-state index is 0.0644. The Kier molecular flexibility index (Phi) is 5.78. The molecule has 0 aliphatic carbocycles. The summed E-state index contributed by atoms with van der Waals surface area (Å²) in [4.78, 5) is 20.7. The average molecular weight is 470 g/mol. The predicted octanol–water partition coefficient (Wildman–Crippen LogP) is 3.38. The van der Waals surface area contributed by atoms with Crippen molar-refractivity contribution in [3.05, 3.63) is 35.9 Å². The standard InChI is InChI=1S/C23H24F2N6O3/c1-11-14(8-30-22-21(11)28-4-5-33-22)13-6-12-7-18(29-9-15(12)20(26)19(13)25)31-23(32)34-17-2-3-27-10-16(17)24/h6-9,16-17,27-28H,2-5,10,26H2,1H3,(H,29,31,32)/t16-,17-/m1/s1. The van der Waals surface area contributed by atoms with Gasteiger partial charge >= 0.3 is 6.09 Å². The molecule has 5 N–H and O–H groups in total. The van der Waals surface area contributed by atoms with Crippen molar-refractivity contribution < 1.29 is 23.0 Å². The molecule has 2 aliphatic heterocycles. The van der Waals surface area contributed by atoms with E-state index in [0.29, 0.717) is 54.0 Å². The molecule has 11 heteroatoms. The van der Waals surface area contributed by atoms with E-state index < -0.39 is 24.2 Å². The number of benzene rings is 1. The fourth-order valence-electron chi connectivity index (χ4n) is 4.26. The lowest BCUT2D eigenvalue weighted by molar-refractivity contribution is 0.0342. The number of fused-ring (bicyclic) bond motifs is 2. The highest BCUT2D eigenvalue weighted by Gasteiger charge is 2.28. The van der Waals surface area contributed by atoms with Gasteiger partial charge in [0.25, 0.3) is 0 Å². The lowest BCUT2D eigenvalue weighted by Gasteiger charge is -2.26. The molecule has 1 aromatic carbocycles. The van der Waals surface area contributed by atoms with Crippen molar-refractivity contribution in [1.29, 1.82) is 0 Å². The maximum atomic E-state index is 15.3. The Morgan fingerprint density at radius 2 is 2.12 bits per heavy atom. The van der Waals surface area contributed by atoms with Crippen molar-refractivity contribution >= 4 is 34.1 Å². The first-order valence-corrected chi connectivity index (χ1v) is 11.0. The highest BCUT2D eigenvalue weighted by molar-refractivity contribution is 5.99. The van der Waals surface area contributed by atoms with Crippen LogP contribution >= 0.6 is 0 Å². The van der Waals surface area contributed by atoms with E-state index in [4.69, 9.17) is 15.2 Å². The van der Waals surface area contributed by atoms with Gasteiger partial charge in [-0.1, -0.05) is 0 Å². The Hall–Kier alpha value is -3.73. The van der Waals surface area contributed by atoms with E-state index in [0.717, 1.165) is 5.56 Å². The van der Waals surface area contributed by atoms with Crippen LogP contribution in [0.1, 0.15) is 12.0 Å². The number of nitrogens with zero attached hydrogens (tertiary/aromatic N) is 2. The van der Waals surface area contributed by atoms with Crippen LogP contribution < -0.4 is 26.4 Å². The van der Waals surface area contributed by atoms with Gasteiger partial charge in [0.05, 0.1) is 5.69 Å². The zero-order valence-electron chi connectivity index (χ0n) is 18.5. The second kappa shape index (κ2) is 8.90. The SMILES string of the molecule is Cc1c(-c2cc3cc(NC(=O)O[C@@H]4CCNC[C@H]4F)ncc3c(N)c2F)cnc2c1NCCO2. The summed E-state index contributed by atoms with van der Waals surface area (Å²) in [7, 11) is 0. The number of amides is 1. The topological polar surface area (TPSA) is 123 Å². The van der Waals surface area contributed by atoms with Crippen molar-refractivity contribution in [2.24, 2.45) is 0 Å². The molecule has 0 radical (unpaired) electrons. The van der Waals surface area contributed by atoms with Crippen LogP contribution in [-0.2, 0) is 4.74 Å².